The van der Waals surface area contributed by atoms with Gasteiger partial charge in [0.25, 0.3) is 0 Å². The molecule has 1 aromatic rings. The second-order valence-corrected chi connectivity index (χ2v) is 6.99. The maximum atomic E-state index is 14.3. The van der Waals surface area contributed by atoms with Gasteiger partial charge in [0.05, 0.1) is 6.04 Å². The van der Waals surface area contributed by atoms with Crippen LogP contribution < -0.4 is 5.73 Å². The first-order valence-corrected chi connectivity index (χ1v) is 7.59. The molecule has 1 fully saturated rings. The Morgan fingerprint density at radius 1 is 1.25 bits per heavy atom. The van der Waals surface area contributed by atoms with E-state index in [1.54, 1.807) is 6.07 Å². The molecule has 1 aliphatic rings. The number of aryl methyl sites for hydroxylation is 1. The number of likely N-dealkylation sites (tertiary alicyclic amines) is 1. The number of halogens is 1. The van der Waals surface area contributed by atoms with Crippen LogP contribution in [-0.4, -0.2) is 23.0 Å². The predicted molar refractivity (Wildman–Crippen MR) is 82.2 cm³/mol. The average Bonchev–Trinajstić information content (AvgIpc) is 2.54. The van der Waals surface area contributed by atoms with Crippen LogP contribution >= 0.6 is 0 Å². The van der Waals surface area contributed by atoms with Crippen LogP contribution in [0.15, 0.2) is 18.2 Å². The second kappa shape index (κ2) is 5.82. The van der Waals surface area contributed by atoms with Crippen molar-refractivity contribution in [2.24, 2.45) is 5.73 Å². The Kier molecular flexibility index (Phi) is 4.50. The van der Waals surface area contributed by atoms with E-state index in [0.29, 0.717) is 0 Å². The lowest BCUT2D eigenvalue weighted by atomic mass is 9.91. The monoisotopic (exact) mass is 278 g/mol. The van der Waals surface area contributed by atoms with Crippen molar-refractivity contribution in [3.8, 4) is 0 Å². The molecule has 2 unspecified atom stereocenters. The normalized spacial score (nSPS) is 25.5. The fourth-order valence-corrected chi connectivity index (χ4v) is 3.23. The standard InChI is InChI=1S/C17H27FN2/c1-12-8-9-14(18)13(11-12)16-15(19)7-5-6-10-20(16)17(2,3)4/h8-9,11,15-16H,5-7,10,19H2,1-4H3. The van der Waals surface area contributed by atoms with Gasteiger partial charge in [-0.05, 0) is 53.1 Å². The molecular weight excluding hydrogens is 251 g/mol. The molecule has 0 bridgehead atoms. The van der Waals surface area contributed by atoms with Crippen molar-refractivity contribution in [3.63, 3.8) is 0 Å². The zero-order valence-corrected chi connectivity index (χ0v) is 13.1. The van der Waals surface area contributed by atoms with Crippen molar-refractivity contribution >= 4 is 0 Å². The van der Waals surface area contributed by atoms with Crippen molar-refractivity contribution in [2.45, 2.75) is 64.6 Å². The van der Waals surface area contributed by atoms with Gasteiger partial charge in [0, 0.05) is 17.1 Å². The van der Waals surface area contributed by atoms with Gasteiger partial charge >= 0.3 is 0 Å². The third-order valence-electron chi connectivity index (χ3n) is 4.26. The molecule has 0 aromatic heterocycles. The van der Waals surface area contributed by atoms with Crippen LogP contribution in [0, 0.1) is 12.7 Å². The minimum absolute atomic E-state index is 0.00646. The first kappa shape index (κ1) is 15.5. The quantitative estimate of drug-likeness (QED) is 0.847. The van der Waals surface area contributed by atoms with Gasteiger partial charge in [0.2, 0.25) is 0 Å². The van der Waals surface area contributed by atoms with E-state index in [1.807, 2.05) is 19.1 Å². The first-order valence-electron chi connectivity index (χ1n) is 7.59. The number of nitrogens with two attached hydrogens (primary N) is 1. The first-order chi connectivity index (χ1) is 9.30. The number of nitrogens with zero attached hydrogens (tertiary/aromatic N) is 1. The summed E-state index contributed by atoms with van der Waals surface area (Å²) >= 11 is 0. The fourth-order valence-electron chi connectivity index (χ4n) is 3.23. The lowest BCUT2D eigenvalue weighted by molar-refractivity contribution is 0.0735. The van der Waals surface area contributed by atoms with Crippen LogP contribution in [0.4, 0.5) is 4.39 Å². The largest absolute Gasteiger partial charge is 0.326 e. The van der Waals surface area contributed by atoms with Gasteiger partial charge in [-0.15, -0.1) is 0 Å². The molecule has 20 heavy (non-hydrogen) atoms. The van der Waals surface area contributed by atoms with Crippen LogP contribution in [0.3, 0.4) is 0 Å². The predicted octanol–water partition coefficient (Wildman–Crippen LogP) is 3.79. The van der Waals surface area contributed by atoms with Crippen LogP contribution in [0.25, 0.3) is 0 Å². The molecule has 3 heteroatoms. The van der Waals surface area contributed by atoms with E-state index in [9.17, 15) is 4.39 Å². The van der Waals surface area contributed by atoms with Crippen LogP contribution in [0.1, 0.15) is 57.2 Å². The molecule has 1 aliphatic heterocycles. The molecule has 2 atom stereocenters. The third kappa shape index (κ3) is 3.21. The summed E-state index contributed by atoms with van der Waals surface area (Å²) in [4.78, 5) is 2.38. The van der Waals surface area contributed by atoms with Crippen LogP contribution in [-0.2, 0) is 0 Å². The summed E-state index contributed by atoms with van der Waals surface area (Å²) < 4.78 is 14.3. The average molecular weight is 278 g/mol. The lowest BCUT2D eigenvalue weighted by Gasteiger charge is -2.43. The van der Waals surface area contributed by atoms with E-state index < -0.39 is 0 Å². The van der Waals surface area contributed by atoms with Gasteiger partial charge in [-0.1, -0.05) is 24.1 Å². The zero-order valence-electron chi connectivity index (χ0n) is 13.1. The number of rotatable bonds is 1. The minimum atomic E-state index is -0.132. The van der Waals surface area contributed by atoms with E-state index in [-0.39, 0.29) is 23.4 Å². The highest BCUT2D eigenvalue weighted by Gasteiger charge is 2.36. The maximum Gasteiger partial charge on any atom is 0.128 e. The summed E-state index contributed by atoms with van der Waals surface area (Å²) in [6, 6.07) is 5.32. The molecule has 1 heterocycles. The van der Waals surface area contributed by atoms with Crippen LogP contribution in [0.5, 0.6) is 0 Å². The second-order valence-electron chi connectivity index (χ2n) is 6.99. The molecule has 0 spiro atoms. The molecule has 0 saturated carbocycles. The van der Waals surface area contributed by atoms with Crippen molar-refractivity contribution in [2.75, 3.05) is 6.54 Å². The SMILES string of the molecule is Cc1ccc(F)c(C2C(N)CCCCN2C(C)(C)C)c1. The van der Waals surface area contributed by atoms with E-state index in [4.69, 9.17) is 5.73 Å². The topological polar surface area (TPSA) is 29.3 Å². The molecule has 1 aromatic carbocycles. The van der Waals surface area contributed by atoms with Gasteiger partial charge in [0.1, 0.15) is 5.82 Å². The molecule has 1 saturated heterocycles. The molecule has 0 radical (unpaired) electrons. The Labute approximate surface area is 122 Å². The molecule has 2 rings (SSSR count). The minimum Gasteiger partial charge on any atom is -0.326 e. The van der Waals surface area contributed by atoms with Gasteiger partial charge in [0.15, 0.2) is 0 Å². The Balaban J connectivity index is 2.48. The van der Waals surface area contributed by atoms with Gasteiger partial charge in [-0.3, -0.25) is 4.90 Å². The Bertz CT molecular complexity index is 465. The smallest absolute Gasteiger partial charge is 0.128 e. The van der Waals surface area contributed by atoms with E-state index in [1.165, 1.54) is 0 Å². The number of hydrogen-bond donors (Lipinski definition) is 1. The summed E-state index contributed by atoms with van der Waals surface area (Å²) in [5.41, 5.74) is 8.25. The van der Waals surface area contributed by atoms with Crippen molar-refractivity contribution in [1.29, 1.82) is 0 Å². The van der Waals surface area contributed by atoms with Gasteiger partial charge < -0.3 is 5.73 Å². The molecule has 0 aliphatic carbocycles. The van der Waals surface area contributed by atoms with Crippen molar-refractivity contribution in [3.05, 3.63) is 35.1 Å². The molecule has 0 amide bonds. The molecule has 112 valence electrons. The lowest BCUT2D eigenvalue weighted by Crippen LogP contribution is -2.49. The summed E-state index contributed by atoms with van der Waals surface area (Å²) in [5, 5.41) is 0. The number of hydrogen-bond acceptors (Lipinski definition) is 2. The highest BCUT2D eigenvalue weighted by atomic mass is 19.1. The summed E-state index contributed by atoms with van der Waals surface area (Å²) in [5.74, 6) is -0.132. The van der Waals surface area contributed by atoms with Gasteiger partial charge in [-0.25, -0.2) is 4.39 Å². The number of benzene rings is 1. The van der Waals surface area contributed by atoms with E-state index in [0.717, 1.165) is 36.9 Å². The van der Waals surface area contributed by atoms with E-state index in [2.05, 4.69) is 25.7 Å². The summed E-state index contributed by atoms with van der Waals surface area (Å²) in [6.45, 7) is 9.55. The van der Waals surface area contributed by atoms with E-state index >= 15 is 0 Å². The Morgan fingerprint density at radius 3 is 2.60 bits per heavy atom. The summed E-state index contributed by atoms with van der Waals surface area (Å²) in [7, 11) is 0. The molecule has 2 N–H and O–H groups in total. The van der Waals surface area contributed by atoms with Crippen LogP contribution in [0.2, 0.25) is 0 Å². The van der Waals surface area contributed by atoms with Gasteiger partial charge in [-0.2, -0.15) is 0 Å². The highest BCUT2D eigenvalue weighted by molar-refractivity contribution is 5.28. The van der Waals surface area contributed by atoms with Crippen molar-refractivity contribution < 1.29 is 4.39 Å². The Morgan fingerprint density at radius 2 is 1.95 bits per heavy atom. The molecule has 2 nitrogen and oxygen atoms in total. The van der Waals surface area contributed by atoms with Crippen molar-refractivity contribution in [1.82, 2.24) is 4.90 Å². The highest BCUT2D eigenvalue weighted by Crippen LogP contribution is 2.36. The maximum absolute atomic E-state index is 14.3. The third-order valence-corrected chi connectivity index (χ3v) is 4.26. The Hall–Kier alpha value is -0.930. The zero-order chi connectivity index (χ0) is 14.9. The molecular formula is C17H27FN2. The summed E-state index contributed by atoms with van der Waals surface area (Å²) in [6.07, 6.45) is 3.22. The fraction of sp³-hybridized carbons (Fsp3) is 0.647.